The van der Waals surface area contributed by atoms with Crippen LogP contribution in [-0.2, 0) is 16.1 Å². The SMILES string of the molecule is Cc1cc(C)cc(CN2CCC3(CC2)CC(C(=O)O)N(C(=O)C2CC2)C3)c1. The van der Waals surface area contributed by atoms with Crippen molar-refractivity contribution in [1.82, 2.24) is 9.80 Å². The number of amides is 1. The van der Waals surface area contributed by atoms with E-state index in [1.54, 1.807) is 4.90 Å². The highest BCUT2D eigenvalue weighted by Crippen LogP contribution is 2.45. The number of hydrogen-bond donors (Lipinski definition) is 1. The molecule has 1 spiro atoms. The Morgan fingerprint density at radius 3 is 2.30 bits per heavy atom. The highest BCUT2D eigenvalue weighted by molar-refractivity contribution is 5.87. The van der Waals surface area contributed by atoms with Crippen LogP contribution in [0, 0.1) is 25.2 Å². The predicted molar refractivity (Wildman–Crippen MR) is 103 cm³/mol. The molecular weight excluding hydrogens is 340 g/mol. The molecule has 2 heterocycles. The van der Waals surface area contributed by atoms with E-state index in [9.17, 15) is 14.7 Å². The number of carbonyl (C=O) groups excluding carboxylic acids is 1. The number of rotatable bonds is 4. The molecule has 1 unspecified atom stereocenters. The lowest BCUT2D eigenvalue weighted by molar-refractivity contribution is -0.148. The molecule has 5 nitrogen and oxygen atoms in total. The second-order valence-electron chi connectivity index (χ2n) is 9.07. The van der Waals surface area contributed by atoms with Crippen molar-refractivity contribution in [2.75, 3.05) is 19.6 Å². The minimum absolute atomic E-state index is 0.00731. The molecule has 1 atom stereocenters. The molecule has 5 heteroatoms. The molecule has 1 aromatic rings. The Hall–Kier alpha value is -1.88. The lowest BCUT2D eigenvalue weighted by atomic mass is 9.76. The zero-order chi connectivity index (χ0) is 19.2. The summed E-state index contributed by atoms with van der Waals surface area (Å²) in [5.74, 6) is -0.665. The molecule has 0 bridgehead atoms. The van der Waals surface area contributed by atoms with E-state index in [1.165, 1.54) is 16.7 Å². The summed E-state index contributed by atoms with van der Waals surface area (Å²) >= 11 is 0. The van der Waals surface area contributed by atoms with Gasteiger partial charge in [-0.15, -0.1) is 0 Å². The van der Waals surface area contributed by atoms with Crippen LogP contribution in [0.5, 0.6) is 0 Å². The van der Waals surface area contributed by atoms with Gasteiger partial charge in [0, 0.05) is 19.0 Å². The summed E-state index contributed by atoms with van der Waals surface area (Å²) in [5, 5.41) is 9.64. The lowest BCUT2D eigenvalue weighted by Gasteiger charge is -2.39. The summed E-state index contributed by atoms with van der Waals surface area (Å²) in [6.45, 7) is 7.81. The summed E-state index contributed by atoms with van der Waals surface area (Å²) in [6, 6.07) is 6.08. The average molecular weight is 370 g/mol. The quantitative estimate of drug-likeness (QED) is 0.885. The second kappa shape index (κ2) is 6.93. The number of aliphatic carboxylic acids is 1. The Kier molecular flexibility index (Phi) is 4.75. The molecule has 0 radical (unpaired) electrons. The van der Waals surface area contributed by atoms with Crippen molar-refractivity contribution in [3.63, 3.8) is 0 Å². The van der Waals surface area contributed by atoms with Crippen LogP contribution in [0.2, 0.25) is 0 Å². The van der Waals surface area contributed by atoms with Crippen molar-refractivity contribution < 1.29 is 14.7 Å². The molecule has 1 amide bonds. The smallest absolute Gasteiger partial charge is 0.326 e. The van der Waals surface area contributed by atoms with Gasteiger partial charge in [-0.2, -0.15) is 0 Å². The first-order valence-corrected chi connectivity index (χ1v) is 10.2. The molecule has 1 aromatic carbocycles. The number of carboxylic acid groups (broad SMARTS) is 1. The second-order valence-corrected chi connectivity index (χ2v) is 9.07. The number of piperidine rings is 1. The lowest BCUT2D eigenvalue weighted by Crippen LogP contribution is -2.43. The Bertz CT molecular complexity index is 728. The van der Waals surface area contributed by atoms with Crippen LogP contribution in [0.3, 0.4) is 0 Å². The fraction of sp³-hybridized carbons (Fsp3) is 0.636. The number of benzene rings is 1. The predicted octanol–water partition coefficient (Wildman–Crippen LogP) is 2.98. The third kappa shape index (κ3) is 3.88. The van der Waals surface area contributed by atoms with Crippen molar-refractivity contribution in [2.24, 2.45) is 11.3 Å². The largest absolute Gasteiger partial charge is 0.480 e. The van der Waals surface area contributed by atoms with Crippen LogP contribution in [0.15, 0.2) is 18.2 Å². The van der Waals surface area contributed by atoms with Crippen molar-refractivity contribution in [2.45, 2.75) is 58.5 Å². The normalized spacial score (nSPS) is 25.1. The molecule has 3 fully saturated rings. The van der Waals surface area contributed by atoms with Gasteiger partial charge in [0.05, 0.1) is 0 Å². The van der Waals surface area contributed by atoms with Gasteiger partial charge in [0.25, 0.3) is 0 Å². The number of aryl methyl sites for hydroxylation is 2. The monoisotopic (exact) mass is 370 g/mol. The molecular formula is C22H30N2O3. The molecule has 1 saturated carbocycles. The van der Waals surface area contributed by atoms with Gasteiger partial charge in [-0.25, -0.2) is 4.79 Å². The number of carbonyl (C=O) groups is 2. The van der Waals surface area contributed by atoms with E-state index in [4.69, 9.17) is 0 Å². The van der Waals surface area contributed by atoms with Crippen LogP contribution >= 0.6 is 0 Å². The number of carboxylic acids is 1. The summed E-state index contributed by atoms with van der Waals surface area (Å²) in [6.07, 6.45) is 4.45. The molecule has 3 aliphatic rings. The van der Waals surface area contributed by atoms with Gasteiger partial charge >= 0.3 is 5.97 Å². The molecule has 146 valence electrons. The summed E-state index contributed by atoms with van der Waals surface area (Å²) in [4.78, 5) is 28.5. The maximum absolute atomic E-state index is 12.6. The first kappa shape index (κ1) is 18.5. The van der Waals surface area contributed by atoms with Gasteiger partial charge in [0.2, 0.25) is 5.91 Å². The van der Waals surface area contributed by atoms with Gasteiger partial charge in [-0.3, -0.25) is 9.69 Å². The van der Waals surface area contributed by atoms with Gasteiger partial charge < -0.3 is 10.0 Å². The first-order chi connectivity index (χ1) is 12.8. The average Bonchev–Trinajstić information content (AvgIpc) is 3.38. The van der Waals surface area contributed by atoms with E-state index in [2.05, 4.69) is 36.9 Å². The Morgan fingerprint density at radius 2 is 1.74 bits per heavy atom. The third-order valence-corrected chi connectivity index (χ3v) is 6.61. The van der Waals surface area contributed by atoms with Crippen LogP contribution in [0.4, 0.5) is 0 Å². The van der Waals surface area contributed by atoms with Gasteiger partial charge in [0.1, 0.15) is 6.04 Å². The molecule has 1 aliphatic carbocycles. The minimum atomic E-state index is -0.835. The topological polar surface area (TPSA) is 60.9 Å². The number of hydrogen-bond acceptors (Lipinski definition) is 3. The maximum atomic E-state index is 12.6. The Morgan fingerprint density at radius 1 is 1.11 bits per heavy atom. The fourth-order valence-electron chi connectivity index (χ4n) is 5.04. The molecule has 2 aliphatic heterocycles. The summed E-state index contributed by atoms with van der Waals surface area (Å²) in [7, 11) is 0. The van der Waals surface area contributed by atoms with Gasteiger partial charge in [0.15, 0.2) is 0 Å². The van der Waals surface area contributed by atoms with Crippen LogP contribution < -0.4 is 0 Å². The van der Waals surface area contributed by atoms with E-state index in [0.717, 1.165) is 45.3 Å². The molecule has 27 heavy (non-hydrogen) atoms. The Balaban J connectivity index is 1.40. The van der Waals surface area contributed by atoms with Gasteiger partial charge in [-0.1, -0.05) is 29.3 Å². The fourth-order valence-corrected chi connectivity index (χ4v) is 5.04. The highest BCUT2D eigenvalue weighted by atomic mass is 16.4. The maximum Gasteiger partial charge on any atom is 0.326 e. The highest BCUT2D eigenvalue weighted by Gasteiger charge is 2.51. The molecule has 0 aromatic heterocycles. The number of nitrogens with zero attached hydrogens (tertiary/aromatic N) is 2. The van der Waals surface area contributed by atoms with Crippen molar-refractivity contribution in [3.05, 3.63) is 34.9 Å². The van der Waals surface area contributed by atoms with Crippen LogP contribution in [-0.4, -0.2) is 52.5 Å². The molecule has 4 rings (SSSR count). The van der Waals surface area contributed by atoms with Gasteiger partial charge in [-0.05, 0) is 70.0 Å². The van der Waals surface area contributed by atoms with Crippen LogP contribution in [0.25, 0.3) is 0 Å². The summed E-state index contributed by atoms with van der Waals surface area (Å²) < 4.78 is 0. The first-order valence-electron chi connectivity index (χ1n) is 10.2. The van der Waals surface area contributed by atoms with E-state index in [-0.39, 0.29) is 17.2 Å². The minimum Gasteiger partial charge on any atom is -0.480 e. The molecule has 1 N–H and O–H groups in total. The molecule has 2 saturated heterocycles. The van der Waals surface area contributed by atoms with Crippen molar-refractivity contribution in [3.8, 4) is 0 Å². The van der Waals surface area contributed by atoms with E-state index >= 15 is 0 Å². The number of likely N-dealkylation sites (tertiary alicyclic amines) is 2. The summed E-state index contributed by atoms with van der Waals surface area (Å²) in [5.41, 5.74) is 3.94. The van der Waals surface area contributed by atoms with E-state index in [1.807, 2.05) is 0 Å². The zero-order valence-corrected chi connectivity index (χ0v) is 16.4. The van der Waals surface area contributed by atoms with Crippen LogP contribution in [0.1, 0.15) is 48.8 Å². The van der Waals surface area contributed by atoms with Crippen molar-refractivity contribution >= 4 is 11.9 Å². The van der Waals surface area contributed by atoms with E-state index < -0.39 is 12.0 Å². The van der Waals surface area contributed by atoms with Crippen molar-refractivity contribution in [1.29, 1.82) is 0 Å². The zero-order valence-electron chi connectivity index (χ0n) is 16.4. The van der Waals surface area contributed by atoms with E-state index in [0.29, 0.717) is 13.0 Å². The third-order valence-electron chi connectivity index (χ3n) is 6.61. The standard InChI is InChI=1S/C22H30N2O3/c1-15-9-16(2)11-17(10-15)13-23-7-5-22(6-8-23)12-19(21(26)27)24(14-22)20(25)18-3-4-18/h9-11,18-19H,3-8,12-14H2,1-2H3,(H,26,27). The Labute approximate surface area is 161 Å².